The summed E-state index contributed by atoms with van der Waals surface area (Å²) in [6.45, 7) is 3.43. The lowest BCUT2D eigenvalue weighted by Gasteiger charge is -2.32. The number of unbranched alkanes of at least 4 members (excludes halogenated alkanes) is 1. The first-order valence-corrected chi connectivity index (χ1v) is 20.9. The van der Waals surface area contributed by atoms with Gasteiger partial charge < -0.3 is 36.4 Å². The molecule has 1 unspecified atom stereocenters. The lowest BCUT2D eigenvalue weighted by Crippen LogP contribution is -2.56. The molecule has 0 bridgehead atoms. The van der Waals surface area contributed by atoms with Gasteiger partial charge in [0.1, 0.15) is 24.3 Å². The molecule has 2 aromatic carbocycles. The molecule has 1 aliphatic heterocycles. The Morgan fingerprint density at radius 2 is 1.70 bits per heavy atom. The molecule has 61 heavy (non-hydrogen) atoms. The second-order valence-corrected chi connectivity index (χ2v) is 16.5. The number of nitrogens with zero attached hydrogens (tertiary/aromatic N) is 5. The zero-order valence-electron chi connectivity index (χ0n) is 34.6. The van der Waals surface area contributed by atoms with Crippen LogP contribution in [0.2, 0.25) is 0 Å². The van der Waals surface area contributed by atoms with Crippen LogP contribution in [0.4, 0.5) is 4.79 Å². The highest BCUT2D eigenvalue weighted by atomic mass is 16.5. The van der Waals surface area contributed by atoms with Gasteiger partial charge in [0.2, 0.25) is 17.6 Å². The van der Waals surface area contributed by atoms with Crippen LogP contribution < -0.4 is 21.7 Å². The maximum atomic E-state index is 14.9. The van der Waals surface area contributed by atoms with E-state index in [0.717, 1.165) is 48.4 Å². The van der Waals surface area contributed by atoms with Crippen molar-refractivity contribution in [2.45, 2.75) is 114 Å². The summed E-state index contributed by atoms with van der Waals surface area (Å²) in [7, 11) is 0. The number of aromatic nitrogens is 4. The van der Waals surface area contributed by atoms with Gasteiger partial charge in [-0.2, -0.15) is 0 Å². The first kappa shape index (κ1) is 44.3. The number of likely N-dealkylation sites (tertiary alicyclic amines) is 1. The number of carbonyl (C=O) groups excluding carboxylic acids is 6. The number of rotatable bonds is 18. The van der Waals surface area contributed by atoms with E-state index in [2.05, 4.69) is 31.2 Å². The summed E-state index contributed by atoms with van der Waals surface area (Å²) in [5.74, 6) is -3.73. The molecule has 2 fully saturated rings. The molecule has 17 heteroatoms. The van der Waals surface area contributed by atoms with Crippen molar-refractivity contribution in [3.8, 4) is 0 Å². The number of hydrogen-bond donors (Lipinski definition) is 5. The SMILES string of the molecule is CC(C)(O)c1cnnn1[C@H]1C[C@@H](C(=O)NC(CCCCNC(=O)OCc2ccccc2)C(=O)C(N)=O)N(C(=O)[C@@H](CC2CCCCC2)NC(=O)c2ccc3ccncc3c2)C1. The molecule has 2 aromatic heterocycles. The van der Waals surface area contributed by atoms with E-state index in [1.165, 1.54) is 15.8 Å². The van der Waals surface area contributed by atoms with Crippen molar-refractivity contribution in [3.05, 3.63) is 90.0 Å². The van der Waals surface area contributed by atoms with Crippen LogP contribution in [-0.4, -0.2) is 96.7 Å². The number of ether oxygens (including phenoxy) is 1. The molecule has 0 radical (unpaired) electrons. The van der Waals surface area contributed by atoms with Crippen LogP contribution >= 0.6 is 0 Å². The summed E-state index contributed by atoms with van der Waals surface area (Å²) >= 11 is 0. The molecule has 0 spiro atoms. The summed E-state index contributed by atoms with van der Waals surface area (Å²) in [4.78, 5) is 86.3. The fourth-order valence-electron chi connectivity index (χ4n) is 8.23. The van der Waals surface area contributed by atoms with Crippen LogP contribution in [0.15, 0.2) is 73.2 Å². The Morgan fingerprint density at radius 1 is 0.934 bits per heavy atom. The van der Waals surface area contributed by atoms with Gasteiger partial charge in [-0.1, -0.05) is 73.7 Å². The molecule has 17 nitrogen and oxygen atoms in total. The van der Waals surface area contributed by atoms with E-state index in [4.69, 9.17) is 10.5 Å². The summed E-state index contributed by atoms with van der Waals surface area (Å²) in [5.41, 5.74) is 5.61. The molecule has 1 saturated heterocycles. The minimum absolute atomic E-state index is 0.0198. The third-order valence-electron chi connectivity index (χ3n) is 11.5. The van der Waals surface area contributed by atoms with Crippen LogP contribution in [0, 0.1) is 5.92 Å². The Labute approximate surface area is 354 Å². The molecule has 3 heterocycles. The summed E-state index contributed by atoms with van der Waals surface area (Å²) in [6.07, 6.45) is 10.1. The number of fused-ring (bicyclic) bond motifs is 1. The van der Waals surface area contributed by atoms with Crippen LogP contribution in [0.25, 0.3) is 10.8 Å². The van der Waals surface area contributed by atoms with Crippen LogP contribution in [0.5, 0.6) is 0 Å². The number of pyridine rings is 1. The van der Waals surface area contributed by atoms with Gasteiger partial charge in [0, 0.05) is 42.9 Å². The lowest BCUT2D eigenvalue weighted by molar-refractivity contribution is -0.142. The number of alkyl carbamates (subject to hydrolysis) is 1. The normalized spacial score (nSPS) is 17.9. The van der Waals surface area contributed by atoms with E-state index in [9.17, 15) is 33.9 Å². The first-order chi connectivity index (χ1) is 29.3. The van der Waals surface area contributed by atoms with Crippen molar-refractivity contribution < 1.29 is 38.6 Å². The summed E-state index contributed by atoms with van der Waals surface area (Å²) in [6, 6.07) is 12.1. The van der Waals surface area contributed by atoms with Crippen molar-refractivity contribution in [1.29, 1.82) is 0 Å². The van der Waals surface area contributed by atoms with Crippen molar-refractivity contribution in [2.24, 2.45) is 11.7 Å². The monoisotopic (exact) mass is 837 g/mol. The van der Waals surface area contributed by atoms with E-state index in [1.807, 2.05) is 42.5 Å². The predicted octanol–water partition coefficient (Wildman–Crippen LogP) is 3.60. The average Bonchev–Trinajstić information content (AvgIpc) is 3.94. The Morgan fingerprint density at radius 3 is 2.44 bits per heavy atom. The Balaban J connectivity index is 1.19. The number of primary amides is 1. The summed E-state index contributed by atoms with van der Waals surface area (Å²) < 4.78 is 6.74. The third-order valence-corrected chi connectivity index (χ3v) is 11.5. The average molecular weight is 838 g/mol. The molecule has 6 rings (SSSR count). The van der Waals surface area contributed by atoms with Gasteiger partial charge in [-0.25, -0.2) is 9.48 Å². The molecule has 4 aromatic rings. The molecule has 5 amide bonds. The van der Waals surface area contributed by atoms with Gasteiger partial charge in [0.25, 0.3) is 11.8 Å². The van der Waals surface area contributed by atoms with Crippen molar-refractivity contribution >= 4 is 46.3 Å². The van der Waals surface area contributed by atoms with E-state index in [0.29, 0.717) is 30.5 Å². The molecule has 6 N–H and O–H groups in total. The van der Waals surface area contributed by atoms with Gasteiger partial charge in [0.15, 0.2) is 0 Å². The fraction of sp³-hybridized carbons (Fsp3) is 0.477. The quantitative estimate of drug-likeness (QED) is 0.0717. The van der Waals surface area contributed by atoms with E-state index < -0.39 is 65.3 Å². The number of hydrogen-bond acceptors (Lipinski definition) is 11. The topological polar surface area (TPSA) is 241 Å². The van der Waals surface area contributed by atoms with Crippen molar-refractivity contribution in [1.82, 2.24) is 40.8 Å². The Kier molecular flexibility index (Phi) is 14.8. The van der Waals surface area contributed by atoms with Crippen molar-refractivity contribution in [2.75, 3.05) is 13.1 Å². The number of amides is 5. The molecule has 324 valence electrons. The van der Waals surface area contributed by atoms with Gasteiger partial charge in [-0.05, 0) is 74.6 Å². The number of ketones is 1. The molecular weight excluding hydrogens is 783 g/mol. The van der Waals surface area contributed by atoms with Crippen molar-refractivity contribution in [3.63, 3.8) is 0 Å². The van der Waals surface area contributed by atoms with Crippen LogP contribution in [-0.2, 0) is 36.1 Å². The van der Waals surface area contributed by atoms with E-state index in [1.54, 1.807) is 38.4 Å². The standard InChI is InChI=1S/C44H55N9O8/c1-44(2,60)37-25-48-51-53(37)33-23-36(41(57)49-34(38(54)39(45)55)15-9-10-19-47-43(59)61-27-29-13-7-4-8-14-29)52(26-33)42(58)35(21-28-11-5-3-6-12-28)50-40(56)31-17-16-30-18-20-46-24-32(30)22-31/h4,7-8,13-14,16-18,20,22,24-25,28,33-36,60H,3,5-6,9-12,15,19,21,23,26-27H2,1-2H3,(H2,45,55)(H,47,59)(H,49,57)(H,50,56)/t33-,34?,35+,36-/m0/s1. The second kappa shape index (κ2) is 20.4. The largest absolute Gasteiger partial charge is 0.445 e. The molecular formula is C44H55N9O8. The first-order valence-electron chi connectivity index (χ1n) is 20.9. The number of nitrogens with one attached hydrogen (secondary N) is 3. The highest BCUT2D eigenvalue weighted by molar-refractivity contribution is 6.37. The minimum Gasteiger partial charge on any atom is -0.445 e. The zero-order valence-corrected chi connectivity index (χ0v) is 34.6. The predicted molar refractivity (Wildman–Crippen MR) is 223 cm³/mol. The molecule has 2 aliphatic rings. The molecule has 1 saturated carbocycles. The Bertz CT molecular complexity index is 2180. The van der Waals surface area contributed by atoms with E-state index >= 15 is 0 Å². The van der Waals surface area contributed by atoms with Gasteiger partial charge >= 0.3 is 6.09 Å². The Hall–Kier alpha value is -6.23. The van der Waals surface area contributed by atoms with Crippen LogP contribution in [0.3, 0.4) is 0 Å². The highest BCUT2D eigenvalue weighted by Crippen LogP contribution is 2.34. The number of aliphatic hydroxyl groups is 1. The number of carbonyl (C=O) groups is 6. The highest BCUT2D eigenvalue weighted by Gasteiger charge is 2.45. The fourth-order valence-corrected chi connectivity index (χ4v) is 8.23. The van der Waals surface area contributed by atoms with Gasteiger partial charge in [0.05, 0.1) is 24.0 Å². The maximum Gasteiger partial charge on any atom is 0.407 e. The van der Waals surface area contributed by atoms with Crippen LogP contribution in [0.1, 0.15) is 106 Å². The molecule has 4 atom stereocenters. The van der Waals surface area contributed by atoms with E-state index in [-0.39, 0.29) is 38.5 Å². The lowest BCUT2D eigenvalue weighted by atomic mass is 9.84. The maximum absolute atomic E-state index is 14.9. The smallest absolute Gasteiger partial charge is 0.407 e. The second-order valence-electron chi connectivity index (χ2n) is 16.5. The number of benzene rings is 2. The minimum atomic E-state index is -1.36. The third kappa shape index (κ3) is 11.7. The zero-order chi connectivity index (χ0) is 43.5. The number of nitrogens with two attached hydrogens (primary N) is 1. The van der Waals surface area contributed by atoms with Gasteiger partial charge in [-0.3, -0.25) is 29.0 Å². The number of Topliss-reactive ketones (excluding diaryl/α,β-unsaturated/α-hetero) is 1. The van der Waals surface area contributed by atoms with Gasteiger partial charge in [-0.15, -0.1) is 5.10 Å². The molecule has 1 aliphatic carbocycles. The summed E-state index contributed by atoms with van der Waals surface area (Å²) in [5, 5.41) is 29.2.